The van der Waals surface area contributed by atoms with Crippen molar-refractivity contribution in [2.24, 2.45) is 5.41 Å². The van der Waals surface area contributed by atoms with E-state index in [2.05, 4.69) is 10.3 Å². The van der Waals surface area contributed by atoms with E-state index >= 15 is 0 Å². The van der Waals surface area contributed by atoms with Crippen LogP contribution in [0.2, 0.25) is 0 Å². The predicted octanol–water partition coefficient (Wildman–Crippen LogP) is 2.06. The number of hydrogen-bond acceptors (Lipinski definition) is 7. The minimum Gasteiger partial charge on any atom is -0.340 e. The fourth-order valence-corrected chi connectivity index (χ4v) is 7.16. The minimum atomic E-state index is -3.78. The third-order valence-electron chi connectivity index (χ3n) is 6.29. The zero-order chi connectivity index (χ0) is 25.4. The molecule has 1 N–H and O–H groups in total. The van der Waals surface area contributed by atoms with Crippen molar-refractivity contribution in [3.8, 4) is 0 Å². The summed E-state index contributed by atoms with van der Waals surface area (Å²) in [7, 11) is -3.78. The number of nitrogens with one attached hydrogen (secondary N) is 1. The van der Waals surface area contributed by atoms with Gasteiger partial charge >= 0.3 is 0 Å². The summed E-state index contributed by atoms with van der Waals surface area (Å²) in [6.07, 6.45) is 3.81. The van der Waals surface area contributed by atoms with Crippen LogP contribution in [0.4, 0.5) is 0 Å². The molecular weight excluding hydrogens is 488 g/mol. The Kier molecular flexibility index (Phi) is 7.12. The van der Waals surface area contributed by atoms with Gasteiger partial charge in [-0.15, -0.1) is 0 Å². The molecule has 2 saturated heterocycles. The van der Waals surface area contributed by atoms with E-state index in [4.69, 9.17) is 0 Å². The Bertz CT molecular complexity index is 1190. The molecule has 4 rings (SSSR count). The van der Waals surface area contributed by atoms with E-state index in [-0.39, 0.29) is 41.9 Å². The van der Waals surface area contributed by atoms with Gasteiger partial charge in [-0.2, -0.15) is 15.6 Å². The maximum atomic E-state index is 13.6. The van der Waals surface area contributed by atoms with E-state index in [1.165, 1.54) is 26.7 Å². The molecule has 3 atom stereocenters. The average molecular weight is 519 g/mol. The van der Waals surface area contributed by atoms with Crippen molar-refractivity contribution in [1.29, 1.82) is 0 Å². The van der Waals surface area contributed by atoms with E-state index in [0.717, 1.165) is 0 Å². The van der Waals surface area contributed by atoms with Crippen LogP contribution in [-0.4, -0.2) is 71.4 Å². The molecule has 0 aromatic carbocycles. The topological polar surface area (TPSA) is 117 Å². The van der Waals surface area contributed by atoms with Crippen molar-refractivity contribution in [3.05, 3.63) is 52.5 Å². The molecule has 2 aromatic heterocycles. The molecule has 0 spiro atoms. The number of aromatic nitrogens is 1. The Hall–Kier alpha value is -2.63. The maximum Gasteiger partial charge on any atom is 0.252 e. The lowest BCUT2D eigenvalue weighted by molar-refractivity contribution is -0.138. The maximum absolute atomic E-state index is 13.6. The molecule has 11 heteroatoms. The number of hydrogen-bond donors (Lipinski definition) is 1. The smallest absolute Gasteiger partial charge is 0.252 e. The molecule has 35 heavy (non-hydrogen) atoms. The highest BCUT2D eigenvalue weighted by atomic mass is 32.2. The first kappa shape index (κ1) is 25.5. The number of thiophene rings is 1. The Balaban J connectivity index is 1.53. The Morgan fingerprint density at radius 3 is 2.69 bits per heavy atom. The number of Topliss-reactive ketones (excluding diaryl/α,β-unsaturated/α-hetero) is 1. The third kappa shape index (κ3) is 5.62. The molecule has 3 unspecified atom stereocenters. The van der Waals surface area contributed by atoms with Gasteiger partial charge in [-0.3, -0.25) is 19.4 Å². The second-order valence-corrected chi connectivity index (χ2v) is 13.0. The van der Waals surface area contributed by atoms with Gasteiger partial charge < -0.3 is 10.2 Å². The fourth-order valence-electron chi connectivity index (χ4n) is 4.81. The summed E-state index contributed by atoms with van der Waals surface area (Å²) >= 11 is 1.39. The van der Waals surface area contributed by atoms with Gasteiger partial charge in [-0.05, 0) is 41.3 Å². The fraction of sp³-hybridized carbons (Fsp3) is 0.500. The number of sulfonamides is 1. The average Bonchev–Trinajstić information content (AvgIpc) is 3.51. The number of amides is 2. The minimum absolute atomic E-state index is 0.255. The number of fused-ring (bicyclic) bond motifs is 1. The van der Waals surface area contributed by atoms with Crippen LogP contribution in [0, 0.1) is 5.41 Å². The molecule has 0 saturated carbocycles. The molecule has 188 valence electrons. The molecule has 2 aliphatic heterocycles. The summed E-state index contributed by atoms with van der Waals surface area (Å²) in [5.41, 5.74) is 0.751. The van der Waals surface area contributed by atoms with E-state index in [1.54, 1.807) is 35.2 Å². The highest BCUT2D eigenvalue weighted by molar-refractivity contribution is 7.88. The van der Waals surface area contributed by atoms with Crippen molar-refractivity contribution >= 4 is 39.0 Å². The molecule has 2 fully saturated rings. The standard InChI is InChI=1S/C24H30N4O5S2/c1-24(2,3)11-18(26-22(30)17-7-10-34-14-17)23(31)27-9-6-19-21(27)20(29)13-28(19)35(32,33)15-16-5-4-8-25-12-16/h4-5,7-8,10,12,14,18-19,21H,6,9,11,13,15H2,1-3H3,(H,26,30). The lowest BCUT2D eigenvalue weighted by atomic mass is 9.87. The number of likely N-dealkylation sites (tertiary alicyclic amines) is 1. The molecule has 0 bridgehead atoms. The SMILES string of the molecule is CC(C)(C)CC(NC(=O)c1ccsc1)C(=O)N1CCC2C1C(=O)CN2S(=O)(=O)Cc1cccnc1. The Morgan fingerprint density at radius 1 is 1.29 bits per heavy atom. The van der Waals surface area contributed by atoms with Gasteiger partial charge in [0.1, 0.15) is 12.1 Å². The molecular formula is C24H30N4O5S2. The van der Waals surface area contributed by atoms with Crippen LogP contribution in [0.5, 0.6) is 0 Å². The summed E-state index contributed by atoms with van der Waals surface area (Å²) in [6, 6.07) is 2.77. The van der Waals surface area contributed by atoms with Crippen LogP contribution in [0.3, 0.4) is 0 Å². The second kappa shape index (κ2) is 9.79. The van der Waals surface area contributed by atoms with Crippen molar-refractivity contribution in [3.63, 3.8) is 0 Å². The summed E-state index contributed by atoms with van der Waals surface area (Å²) in [4.78, 5) is 44.8. The van der Waals surface area contributed by atoms with Gasteiger partial charge in [0.05, 0.1) is 23.9 Å². The van der Waals surface area contributed by atoms with Crippen molar-refractivity contribution in [2.75, 3.05) is 13.1 Å². The number of nitrogens with zero attached hydrogens (tertiary/aromatic N) is 3. The Morgan fingerprint density at radius 2 is 2.06 bits per heavy atom. The lowest BCUT2D eigenvalue weighted by Gasteiger charge is -2.31. The second-order valence-electron chi connectivity index (χ2n) is 10.3. The van der Waals surface area contributed by atoms with Crippen LogP contribution < -0.4 is 5.32 Å². The summed E-state index contributed by atoms with van der Waals surface area (Å²) < 4.78 is 27.5. The largest absolute Gasteiger partial charge is 0.340 e. The molecule has 2 aromatic rings. The lowest BCUT2D eigenvalue weighted by Crippen LogP contribution is -2.53. The van der Waals surface area contributed by atoms with Gasteiger partial charge in [-0.25, -0.2) is 8.42 Å². The van der Waals surface area contributed by atoms with Gasteiger partial charge in [-0.1, -0.05) is 26.8 Å². The molecule has 2 amide bonds. The van der Waals surface area contributed by atoms with Gasteiger partial charge in [0.2, 0.25) is 15.9 Å². The normalized spacial score (nSPS) is 21.7. The molecule has 2 aliphatic rings. The van der Waals surface area contributed by atoms with Crippen LogP contribution >= 0.6 is 11.3 Å². The van der Waals surface area contributed by atoms with Gasteiger partial charge in [0.15, 0.2) is 5.78 Å². The number of pyridine rings is 1. The van der Waals surface area contributed by atoms with Gasteiger partial charge in [0.25, 0.3) is 5.91 Å². The summed E-state index contributed by atoms with van der Waals surface area (Å²) in [5.74, 6) is -1.25. The van der Waals surface area contributed by atoms with E-state index < -0.39 is 28.1 Å². The zero-order valence-corrected chi connectivity index (χ0v) is 21.6. The van der Waals surface area contributed by atoms with Gasteiger partial charge in [0, 0.05) is 24.3 Å². The molecule has 9 nitrogen and oxygen atoms in total. The predicted molar refractivity (Wildman–Crippen MR) is 132 cm³/mol. The summed E-state index contributed by atoms with van der Waals surface area (Å²) in [6.45, 7) is 5.93. The van der Waals surface area contributed by atoms with Crippen LogP contribution in [0.25, 0.3) is 0 Å². The monoisotopic (exact) mass is 518 g/mol. The number of rotatable bonds is 7. The first-order chi connectivity index (χ1) is 16.5. The van der Waals surface area contributed by atoms with E-state index in [9.17, 15) is 22.8 Å². The van der Waals surface area contributed by atoms with Crippen molar-refractivity contribution in [1.82, 2.24) is 19.5 Å². The van der Waals surface area contributed by atoms with Crippen LogP contribution in [0.1, 0.15) is 49.5 Å². The molecule has 0 aliphatic carbocycles. The zero-order valence-electron chi connectivity index (χ0n) is 20.0. The third-order valence-corrected chi connectivity index (χ3v) is 8.79. The number of carbonyl (C=O) groups is 3. The quantitative estimate of drug-likeness (QED) is 0.600. The highest BCUT2D eigenvalue weighted by Gasteiger charge is 2.54. The first-order valence-corrected chi connectivity index (χ1v) is 14.1. The van der Waals surface area contributed by atoms with Crippen molar-refractivity contribution < 1.29 is 22.8 Å². The molecule has 0 radical (unpaired) electrons. The van der Waals surface area contributed by atoms with Crippen LogP contribution in [0.15, 0.2) is 41.4 Å². The highest BCUT2D eigenvalue weighted by Crippen LogP contribution is 2.34. The first-order valence-electron chi connectivity index (χ1n) is 11.5. The van der Waals surface area contributed by atoms with E-state index in [1.807, 2.05) is 20.8 Å². The van der Waals surface area contributed by atoms with Crippen molar-refractivity contribution in [2.45, 2.75) is 57.5 Å². The number of ketones is 1. The van der Waals surface area contributed by atoms with Crippen LogP contribution in [-0.2, 0) is 25.4 Å². The number of carbonyl (C=O) groups excluding carboxylic acids is 3. The molecule has 4 heterocycles. The Labute approximate surface area is 209 Å². The summed E-state index contributed by atoms with van der Waals surface area (Å²) in [5, 5.41) is 6.35. The van der Waals surface area contributed by atoms with E-state index in [0.29, 0.717) is 24.0 Å².